The minimum absolute atomic E-state index is 0.224. The van der Waals surface area contributed by atoms with Crippen LogP contribution in [0.1, 0.15) is 46.0 Å². The van der Waals surface area contributed by atoms with Crippen molar-refractivity contribution in [2.24, 2.45) is 5.92 Å². The van der Waals surface area contributed by atoms with E-state index in [2.05, 4.69) is 38.1 Å². The van der Waals surface area contributed by atoms with Crippen molar-refractivity contribution < 1.29 is 9.90 Å². The zero-order valence-electron chi connectivity index (χ0n) is 15.4. The third kappa shape index (κ3) is 3.59. The number of aliphatic hydroxyl groups is 1. The summed E-state index contributed by atoms with van der Waals surface area (Å²) in [6, 6.07) is 20.3. The molecule has 0 spiro atoms. The van der Waals surface area contributed by atoms with Gasteiger partial charge in [0.2, 0.25) is 0 Å². The van der Waals surface area contributed by atoms with Gasteiger partial charge < -0.3 is 9.90 Å². The monoisotopic (exact) mass is 354 g/mol. The van der Waals surface area contributed by atoms with E-state index in [9.17, 15) is 9.90 Å². The molecule has 0 radical (unpaired) electrons. The predicted molar refractivity (Wildman–Crippen MR) is 107 cm³/mol. The Labute approximate surface area is 152 Å². The maximum Gasteiger partial charge on any atom is 0.258 e. The molecule has 0 amide bonds. The van der Waals surface area contributed by atoms with Crippen molar-refractivity contribution in [2.75, 3.05) is 0 Å². The molecule has 3 heteroatoms. The van der Waals surface area contributed by atoms with Crippen molar-refractivity contribution in [1.82, 2.24) is 0 Å². The van der Waals surface area contributed by atoms with E-state index in [0.29, 0.717) is 0 Å². The summed E-state index contributed by atoms with van der Waals surface area (Å²) < 4.78 is 0. The van der Waals surface area contributed by atoms with E-state index >= 15 is 0 Å². The number of hydrogen-bond acceptors (Lipinski definition) is 2. The second-order valence-electron chi connectivity index (χ2n) is 8.14. The Morgan fingerprint density at radius 2 is 1.36 bits per heavy atom. The lowest BCUT2D eigenvalue weighted by Crippen LogP contribution is -2.65. The molecule has 0 saturated heterocycles. The van der Waals surface area contributed by atoms with Crippen LogP contribution in [0.15, 0.2) is 60.7 Å². The van der Waals surface area contributed by atoms with Gasteiger partial charge >= 0.3 is 0 Å². The van der Waals surface area contributed by atoms with Crippen molar-refractivity contribution in [3.05, 3.63) is 60.7 Å². The van der Waals surface area contributed by atoms with Gasteiger partial charge in [-0.3, -0.25) is 0 Å². The highest BCUT2D eigenvalue weighted by atomic mass is 28.4. The van der Waals surface area contributed by atoms with Crippen LogP contribution in [-0.4, -0.2) is 24.3 Å². The van der Waals surface area contributed by atoms with Crippen molar-refractivity contribution in [3.63, 3.8) is 0 Å². The Kier molecular flexibility index (Phi) is 5.47. The van der Waals surface area contributed by atoms with Crippen molar-refractivity contribution in [3.8, 4) is 0 Å². The summed E-state index contributed by atoms with van der Waals surface area (Å²) in [6.45, 7) is 4.39. The van der Waals surface area contributed by atoms with E-state index in [1.807, 2.05) is 36.4 Å². The highest BCUT2D eigenvalue weighted by Gasteiger charge is 2.51. The lowest BCUT2D eigenvalue weighted by Gasteiger charge is -2.44. The zero-order valence-corrected chi connectivity index (χ0v) is 16.4. The van der Waals surface area contributed by atoms with Crippen LogP contribution >= 0.6 is 0 Å². The molecule has 2 aromatic carbocycles. The summed E-state index contributed by atoms with van der Waals surface area (Å²) in [7, 11) is -2.95. The minimum Gasteiger partial charge on any atom is -0.424 e. The Balaban J connectivity index is 2.01. The molecule has 3 rings (SSSR count). The first-order valence-corrected chi connectivity index (χ1v) is 11.4. The third-order valence-corrected chi connectivity index (χ3v) is 10.5. The fourth-order valence-electron chi connectivity index (χ4n) is 4.54. The lowest BCUT2D eigenvalue weighted by molar-refractivity contribution is 0.0587. The maximum atomic E-state index is 12.2. The summed E-state index contributed by atoms with van der Waals surface area (Å²) in [4.78, 5) is 12.2. The first-order chi connectivity index (χ1) is 11.9. The summed E-state index contributed by atoms with van der Waals surface area (Å²) in [5.74, 6) is 0.287. The zero-order chi connectivity index (χ0) is 17.9. The Morgan fingerprint density at radius 1 is 0.880 bits per heavy atom. The maximum absolute atomic E-state index is 12.2. The van der Waals surface area contributed by atoms with Crippen LogP contribution in [-0.2, 0) is 0 Å². The highest BCUT2D eigenvalue weighted by molar-refractivity contribution is 6.98. The molecule has 1 saturated carbocycles. The lowest BCUT2D eigenvalue weighted by atomic mass is 9.81. The van der Waals surface area contributed by atoms with E-state index in [1.54, 1.807) is 0 Å². The number of benzene rings is 2. The Hall–Kier alpha value is -1.42. The van der Waals surface area contributed by atoms with Crippen molar-refractivity contribution in [2.45, 2.75) is 57.1 Å². The average molecular weight is 355 g/mol. The van der Waals surface area contributed by atoms with Crippen LogP contribution in [0.25, 0.3) is 0 Å². The molecule has 2 aromatic rings. The van der Waals surface area contributed by atoms with Gasteiger partial charge in [0.05, 0.1) is 6.10 Å². The van der Waals surface area contributed by atoms with Gasteiger partial charge in [-0.2, -0.15) is 0 Å². The summed E-state index contributed by atoms with van der Waals surface area (Å²) in [5, 5.41) is 12.3. The van der Waals surface area contributed by atoms with Crippen molar-refractivity contribution >= 4 is 18.7 Å². The van der Waals surface area contributed by atoms with Gasteiger partial charge in [-0.05, 0) is 40.6 Å². The molecular formula is C22H30O2Si. The molecule has 0 heterocycles. The molecule has 2 nitrogen and oxygen atoms in total. The number of rotatable bonds is 5. The molecule has 0 aromatic heterocycles. The molecule has 0 unspecified atom stereocenters. The molecule has 2 atom stereocenters. The van der Waals surface area contributed by atoms with Gasteiger partial charge in [-0.25, -0.2) is 0 Å². The first kappa shape index (κ1) is 18.4. The second-order valence-corrected chi connectivity index (χ2v) is 12.1. The SMILES string of the molecule is CC(C)(C[C@H]1CCCC[C@H]1O)[Si](O)(c1ccccc1)c1ccccc1. The second kappa shape index (κ2) is 7.44. The molecule has 25 heavy (non-hydrogen) atoms. The van der Waals surface area contributed by atoms with Crippen LogP contribution in [0.2, 0.25) is 5.04 Å². The van der Waals surface area contributed by atoms with Gasteiger partial charge in [0, 0.05) is 0 Å². The molecule has 0 aliphatic heterocycles. The van der Waals surface area contributed by atoms with Gasteiger partial charge in [0.1, 0.15) is 0 Å². The summed E-state index contributed by atoms with van der Waals surface area (Å²) >= 11 is 0. The fourth-order valence-corrected chi connectivity index (χ4v) is 8.34. The third-order valence-electron chi connectivity index (χ3n) is 6.00. The standard InChI is InChI=1S/C22H30O2Si/c1-22(2,17-18-11-9-10-16-21(18)23)25(24,19-12-5-3-6-13-19)20-14-7-4-8-15-20/h3-8,12-15,18,21,23-24H,9-11,16-17H2,1-2H3/t18-,21-/m1/s1. The molecule has 1 aliphatic rings. The van der Waals surface area contributed by atoms with Crippen LogP contribution in [0.4, 0.5) is 0 Å². The van der Waals surface area contributed by atoms with E-state index in [1.165, 1.54) is 6.42 Å². The van der Waals surface area contributed by atoms with Gasteiger partial charge in [-0.15, -0.1) is 0 Å². The predicted octanol–water partition coefficient (Wildman–Crippen LogP) is 3.46. The highest BCUT2D eigenvalue weighted by Crippen LogP contribution is 2.44. The first-order valence-electron chi connectivity index (χ1n) is 9.46. The number of hydrogen-bond donors (Lipinski definition) is 2. The fraction of sp³-hybridized carbons (Fsp3) is 0.455. The van der Waals surface area contributed by atoms with Gasteiger partial charge in [0.25, 0.3) is 8.32 Å². The van der Waals surface area contributed by atoms with E-state index < -0.39 is 8.32 Å². The van der Waals surface area contributed by atoms with Crippen molar-refractivity contribution in [1.29, 1.82) is 0 Å². The quantitative estimate of drug-likeness (QED) is 0.807. The topological polar surface area (TPSA) is 40.5 Å². The van der Waals surface area contributed by atoms with Crippen LogP contribution in [0.5, 0.6) is 0 Å². The average Bonchev–Trinajstić information content (AvgIpc) is 2.64. The Bertz CT molecular complexity index is 629. The largest absolute Gasteiger partial charge is 0.424 e. The summed E-state index contributed by atoms with van der Waals surface area (Å²) in [6.07, 6.45) is 4.92. The normalized spacial score (nSPS) is 21.9. The van der Waals surface area contributed by atoms with Crippen LogP contribution in [0, 0.1) is 5.92 Å². The van der Waals surface area contributed by atoms with Gasteiger partial charge in [0.15, 0.2) is 0 Å². The molecule has 2 N–H and O–H groups in total. The molecular weight excluding hydrogens is 324 g/mol. The minimum atomic E-state index is -2.95. The summed E-state index contributed by atoms with van der Waals surface area (Å²) in [5.41, 5.74) is 0. The Morgan fingerprint density at radius 3 is 1.84 bits per heavy atom. The molecule has 134 valence electrons. The molecule has 1 aliphatic carbocycles. The molecule has 0 bridgehead atoms. The van der Waals surface area contributed by atoms with E-state index in [4.69, 9.17) is 0 Å². The van der Waals surface area contributed by atoms with E-state index in [0.717, 1.165) is 36.1 Å². The molecule has 1 fully saturated rings. The smallest absolute Gasteiger partial charge is 0.258 e. The van der Waals surface area contributed by atoms with E-state index in [-0.39, 0.29) is 17.1 Å². The van der Waals surface area contributed by atoms with Crippen LogP contribution in [0.3, 0.4) is 0 Å². The van der Waals surface area contributed by atoms with Crippen LogP contribution < -0.4 is 10.4 Å². The van der Waals surface area contributed by atoms with Gasteiger partial charge in [-0.1, -0.05) is 87.4 Å². The number of aliphatic hydroxyl groups excluding tert-OH is 1.